The monoisotopic (exact) mass is 363 g/mol. The summed E-state index contributed by atoms with van der Waals surface area (Å²) >= 11 is 1.31. The van der Waals surface area contributed by atoms with Crippen LogP contribution in [0.25, 0.3) is 10.9 Å². The van der Waals surface area contributed by atoms with E-state index in [4.69, 9.17) is 4.74 Å². The van der Waals surface area contributed by atoms with E-state index in [1.165, 1.54) is 11.8 Å². The van der Waals surface area contributed by atoms with E-state index >= 15 is 0 Å². The molecule has 0 saturated carbocycles. The molecule has 1 atom stereocenters. The van der Waals surface area contributed by atoms with Gasteiger partial charge in [0.25, 0.3) is 5.56 Å². The first kappa shape index (κ1) is 19.5. The predicted molar refractivity (Wildman–Crippen MR) is 101 cm³/mol. The maximum absolute atomic E-state index is 12.9. The van der Waals surface area contributed by atoms with Gasteiger partial charge in [-0.15, -0.1) is 0 Å². The molecule has 0 unspecified atom stereocenters. The Bertz CT molecular complexity index is 776. The topological polar surface area (TPSA) is 73.2 Å². The average molecular weight is 363 g/mol. The zero-order chi connectivity index (χ0) is 18.2. The molecular weight excluding hydrogens is 338 g/mol. The Hall–Kier alpha value is -1.86. The Morgan fingerprint density at radius 2 is 2.12 bits per heavy atom. The van der Waals surface area contributed by atoms with Crippen LogP contribution in [0.15, 0.2) is 34.2 Å². The highest BCUT2D eigenvalue weighted by Crippen LogP contribution is 2.22. The minimum Gasteiger partial charge on any atom is -0.382 e. The molecule has 0 aliphatic carbocycles. The van der Waals surface area contributed by atoms with Gasteiger partial charge in [-0.2, -0.15) is 0 Å². The third-order valence-electron chi connectivity index (χ3n) is 3.70. The predicted octanol–water partition coefficient (Wildman–Crippen LogP) is 2.44. The quantitative estimate of drug-likeness (QED) is 0.421. The second kappa shape index (κ2) is 9.58. The molecule has 2 rings (SSSR count). The summed E-state index contributed by atoms with van der Waals surface area (Å²) in [6.45, 7) is 7.98. The summed E-state index contributed by atoms with van der Waals surface area (Å²) in [5.41, 5.74) is 0.576. The van der Waals surface area contributed by atoms with Crippen molar-refractivity contribution in [2.24, 2.45) is 0 Å². The van der Waals surface area contributed by atoms with E-state index in [9.17, 15) is 9.59 Å². The van der Waals surface area contributed by atoms with Gasteiger partial charge in [-0.25, -0.2) is 4.98 Å². The number of rotatable bonds is 9. The van der Waals surface area contributed by atoms with Gasteiger partial charge in [-0.05, 0) is 39.3 Å². The molecule has 6 nitrogen and oxygen atoms in total. The number of hydrogen-bond donors (Lipinski definition) is 1. The molecule has 0 spiro atoms. The van der Waals surface area contributed by atoms with Crippen molar-refractivity contribution in [3.05, 3.63) is 34.6 Å². The normalized spacial score (nSPS) is 12.3. The highest BCUT2D eigenvalue weighted by Gasteiger charge is 2.18. The minimum atomic E-state index is -0.328. The highest BCUT2D eigenvalue weighted by atomic mass is 32.2. The fourth-order valence-electron chi connectivity index (χ4n) is 2.43. The van der Waals surface area contributed by atoms with Gasteiger partial charge in [0, 0.05) is 26.3 Å². The number of carbonyl (C=O) groups excluding carboxylic acids is 1. The molecular formula is C18H25N3O3S. The van der Waals surface area contributed by atoms with Gasteiger partial charge >= 0.3 is 0 Å². The van der Waals surface area contributed by atoms with Gasteiger partial charge in [0.05, 0.1) is 16.2 Å². The standard InChI is InChI=1S/C18H25N3O3S/c1-4-19-16(22)13(3)25-18-20-15-10-7-6-9-14(15)17(23)21(18)11-8-12-24-5-2/h6-7,9-10,13H,4-5,8,11-12H2,1-3H3,(H,19,22)/t13-/m1/s1. The molecule has 0 fully saturated rings. The fourth-order valence-corrected chi connectivity index (χ4v) is 3.39. The molecule has 7 heteroatoms. The van der Waals surface area contributed by atoms with Crippen LogP contribution < -0.4 is 10.9 Å². The van der Waals surface area contributed by atoms with E-state index in [0.29, 0.717) is 42.4 Å². The van der Waals surface area contributed by atoms with Crippen molar-refractivity contribution in [2.45, 2.75) is 44.1 Å². The maximum Gasteiger partial charge on any atom is 0.262 e. The zero-order valence-corrected chi connectivity index (χ0v) is 15.8. The van der Waals surface area contributed by atoms with Crippen molar-refractivity contribution < 1.29 is 9.53 Å². The number of nitrogens with one attached hydrogen (secondary N) is 1. The summed E-state index contributed by atoms with van der Waals surface area (Å²) < 4.78 is 7.02. The van der Waals surface area contributed by atoms with Crippen molar-refractivity contribution in [1.82, 2.24) is 14.9 Å². The first-order valence-electron chi connectivity index (χ1n) is 8.60. The molecule has 1 heterocycles. The number of hydrogen-bond acceptors (Lipinski definition) is 5. The number of nitrogens with zero attached hydrogens (tertiary/aromatic N) is 2. The largest absolute Gasteiger partial charge is 0.382 e. The van der Waals surface area contributed by atoms with Gasteiger partial charge in [-0.1, -0.05) is 23.9 Å². The molecule has 0 bridgehead atoms. The molecule has 1 aromatic heterocycles. The number of fused-ring (bicyclic) bond motifs is 1. The smallest absolute Gasteiger partial charge is 0.262 e. The lowest BCUT2D eigenvalue weighted by Gasteiger charge is -2.16. The van der Waals surface area contributed by atoms with Gasteiger partial charge < -0.3 is 10.1 Å². The number of para-hydroxylation sites is 1. The molecule has 2 aromatic rings. The third-order valence-corrected chi connectivity index (χ3v) is 4.79. The fraction of sp³-hybridized carbons (Fsp3) is 0.500. The summed E-state index contributed by atoms with van der Waals surface area (Å²) in [4.78, 5) is 29.5. The first-order chi connectivity index (χ1) is 12.1. The van der Waals surface area contributed by atoms with Crippen LogP contribution in [-0.2, 0) is 16.1 Å². The van der Waals surface area contributed by atoms with E-state index in [2.05, 4.69) is 10.3 Å². The molecule has 1 aromatic carbocycles. The van der Waals surface area contributed by atoms with E-state index in [1.807, 2.05) is 39.0 Å². The SMILES string of the molecule is CCNC(=O)[C@@H](C)Sc1nc2ccccc2c(=O)n1CCCOCC. The van der Waals surface area contributed by atoms with Crippen LogP contribution in [0.1, 0.15) is 27.2 Å². The lowest BCUT2D eigenvalue weighted by Crippen LogP contribution is -2.32. The van der Waals surface area contributed by atoms with Gasteiger partial charge in [-0.3, -0.25) is 14.2 Å². The number of thioether (sulfide) groups is 1. The second-order valence-corrected chi connectivity index (χ2v) is 6.88. The van der Waals surface area contributed by atoms with E-state index in [1.54, 1.807) is 10.6 Å². The van der Waals surface area contributed by atoms with Gasteiger partial charge in [0.15, 0.2) is 5.16 Å². The average Bonchev–Trinajstić information content (AvgIpc) is 2.61. The van der Waals surface area contributed by atoms with Crippen molar-refractivity contribution in [3.8, 4) is 0 Å². The van der Waals surface area contributed by atoms with Crippen molar-refractivity contribution >= 4 is 28.6 Å². The highest BCUT2D eigenvalue weighted by molar-refractivity contribution is 8.00. The molecule has 1 N–H and O–H groups in total. The number of amides is 1. The molecule has 1 amide bonds. The van der Waals surface area contributed by atoms with Crippen LogP contribution in [-0.4, -0.2) is 40.5 Å². The Morgan fingerprint density at radius 1 is 1.36 bits per heavy atom. The number of aromatic nitrogens is 2. The molecule has 25 heavy (non-hydrogen) atoms. The van der Waals surface area contributed by atoms with Crippen molar-refractivity contribution in [1.29, 1.82) is 0 Å². The molecule has 136 valence electrons. The first-order valence-corrected chi connectivity index (χ1v) is 9.48. The van der Waals surface area contributed by atoms with Gasteiger partial charge in [0.2, 0.25) is 5.91 Å². The van der Waals surface area contributed by atoms with Crippen LogP contribution >= 0.6 is 11.8 Å². The summed E-state index contributed by atoms with van der Waals surface area (Å²) in [7, 11) is 0. The maximum atomic E-state index is 12.9. The summed E-state index contributed by atoms with van der Waals surface area (Å²) in [6.07, 6.45) is 0.719. The third kappa shape index (κ3) is 5.06. The van der Waals surface area contributed by atoms with Crippen LogP contribution in [0.3, 0.4) is 0 Å². The van der Waals surface area contributed by atoms with Crippen LogP contribution in [0.2, 0.25) is 0 Å². The Kier molecular flexibility index (Phi) is 7.46. The van der Waals surface area contributed by atoms with Crippen molar-refractivity contribution in [3.63, 3.8) is 0 Å². The van der Waals surface area contributed by atoms with E-state index in [0.717, 1.165) is 6.42 Å². The lowest BCUT2D eigenvalue weighted by molar-refractivity contribution is -0.120. The Balaban J connectivity index is 2.34. The minimum absolute atomic E-state index is 0.0595. The lowest BCUT2D eigenvalue weighted by atomic mass is 10.2. The van der Waals surface area contributed by atoms with Gasteiger partial charge in [0.1, 0.15) is 0 Å². The van der Waals surface area contributed by atoms with Crippen LogP contribution in [0, 0.1) is 0 Å². The number of benzene rings is 1. The Labute approximate surface area is 152 Å². The number of ether oxygens (including phenoxy) is 1. The van der Waals surface area contributed by atoms with Crippen molar-refractivity contribution in [2.75, 3.05) is 19.8 Å². The Morgan fingerprint density at radius 3 is 2.84 bits per heavy atom. The van der Waals surface area contributed by atoms with E-state index in [-0.39, 0.29) is 16.7 Å². The molecule has 0 saturated heterocycles. The van der Waals surface area contributed by atoms with E-state index < -0.39 is 0 Å². The second-order valence-electron chi connectivity index (χ2n) is 5.57. The molecule has 0 aliphatic rings. The molecule has 0 aliphatic heterocycles. The summed E-state index contributed by atoms with van der Waals surface area (Å²) in [6, 6.07) is 7.30. The number of carbonyl (C=O) groups is 1. The summed E-state index contributed by atoms with van der Waals surface area (Å²) in [5, 5.41) is 3.63. The van der Waals surface area contributed by atoms with Crippen LogP contribution in [0.5, 0.6) is 0 Å². The van der Waals surface area contributed by atoms with Crippen LogP contribution in [0.4, 0.5) is 0 Å². The zero-order valence-electron chi connectivity index (χ0n) is 14.9. The molecule has 0 radical (unpaired) electrons. The summed E-state index contributed by atoms with van der Waals surface area (Å²) in [5.74, 6) is -0.0595.